The average Bonchev–Trinajstić information content (AvgIpc) is 3.33. The monoisotopic (exact) mass is 342 g/mol. The molecule has 0 spiro atoms. The molecule has 0 unspecified atom stereocenters. The molecule has 0 aliphatic heterocycles. The Hall–Kier alpha value is -2.14. The van der Waals surface area contributed by atoms with Crippen molar-refractivity contribution in [1.29, 1.82) is 0 Å². The van der Waals surface area contributed by atoms with Gasteiger partial charge in [0.1, 0.15) is 11.6 Å². The van der Waals surface area contributed by atoms with Crippen molar-refractivity contribution >= 4 is 11.8 Å². The van der Waals surface area contributed by atoms with Crippen molar-refractivity contribution in [3.63, 3.8) is 0 Å². The Labute approximate surface area is 143 Å². The van der Waals surface area contributed by atoms with Crippen molar-refractivity contribution in [2.75, 3.05) is 5.75 Å². The van der Waals surface area contributed by atoms with Crippen molar-refractivity contribution in [2.24, 2.45) is 5.92 Å². The van der Waals surface area contributed by atoms with Crippen LogP contribution in [0, 0.1) is 17.6 Å². The Morgan fingerprint density at radius 2 is 1.50 bits per heavy atom. The van der Waals surface area contributed by atoms with Crippen LogP contribution in [-0.2, 0) is 0 Å². The lowest BCUT2D eigenvalue weighted by Crippen LogP contribution is -1.85. The lowest BCUT2D eigenvalue weighted by molar-refractivity contribution is 0.627. The highest BCUT2D eigenvalue weighted by Gasteiger charge is 2.22. The third-order valence-corrected chi connectivity index (χ3v) is 5.19. The van der Waals surface area contributed by atoms with E-state index in [1.54, 1.807) is 36.0 Å². The Kier molecular flexibility index (Phi) is 4.10. The van der Waals surface area contributed by atoms with E-state index in [1.807, 2.05) is 0 Å². The molecular formula is C19H16F2N2S. The molecule has 3 aromatic rings. The number of thioether (sulfide) groups is 1. The molecule has 122 valence electrons. The van der Waals surface area contributed by atoms with Gasteiger partial charge in [0, 0.05) is 16.9 Å². The fourth-order valence-corrected chi connectivity index (χ4v) is 3.60. The smallest absolute Gasteiger partial charge is 0.166 e. The van der Waals surface area contributed by atoms with Gasteiger partial charge in [-0.3, -0.25) is 0 Å². The Balaban J connectivity index is 1.73. The first-order valence-corrected chi connectivity index (χ1v) is 8.92. The molecule has 4 rings (SSSR count). The maximum atomic E-state index is 13.2. The number of halogens is 2. The first kappa shape index (κ1) is 15.4. The van der Waals surface area contributed by atoms with Gasteiger partial charge in [-0.2, -0.15) is 0 Å². The van der Waals surface area contributed by atoms with Gasteiger partial charge in [-0.05, 0) is 67.3 Å². The van der Waals surface area contributed by atoms with Crippen LogP contribution in [0.15, 0.2) is 53.7 Å². The van der Waals surface area contributed by atoms with Gasteiger partial charge in [-0.25, -0.2) is 13.8 Å². The van der Waals surface area contributed by atoms with E-state index in [2.05, 4.69) is 4.98 Å². The molecule has 1 aliphatic rings. The second kappa shape index (κ2) is 6.40. The number of rotatable bonds is 5. The lowest BCUT2D eigenvalue weighted by Gasteiger charge is -2.03. The summed E-state index contributed by atoms with van der Waals surface area (Å²) in [4.78, 5) is 8.05. The summed E-state index contributed by atoms with van der Waals surface area (Å²) in [5, 5.41) is 0.848. The summed E-state index contributed by atoms with van der Waals surface area (Å²) in [6.07, 6.45) is 2.59. The number of aromatic amines is 1. The molecule has 2 aromatic carbocycles. The number of H-pyrrole nitrogens is 1. The van der Waals surface area contributed by atoms with Crippen molar-refractivity contribution in [3.8, 4) is 22.5 Å². The molecule has 1 aliphatic carbocycles. The van der Waals surface area contributed by atoms with Gasteiger partial charge in [0.05, 0.1) is 11.4 Å². The van der Waals surface area contributed by atoms with E-state index in [-0.39, 0.29) is 11.6 Å². The number of hydrogen-bond donors (Lipinski definition) is 1. The van der Waals surface area contributed by atoms with Gasteiger partial charge in [0.15, 0.2) is 5.16 Å². The lowest BCUT2D eigenvalue weighted by atomic mass is 10.1. The topological polar surface area (TPSA) is 28.7 Å². The normalized spacial score (nSPS) is 14.1. The number of hydrogen-bond acceptors (Lipinski definition) is 2. The molecule has 0 radical (unpaired) electrons. The first-order chi connectivity index (χ1) is 11.7. The predicted octanol–water partition coefficient (Wildman–Crippen LogP) is 5.52. The van der Waals surface area contributed by atoms with Gasteiger partial charge in [0.25, 0.3) is 0 Å². The number of imidazole rings is 1. The molecule has 1 N–H and O–H groups in total. The van der Waals surface area contributed by atoms with E-state index in [0.717, 1.165) is 39.3 Å². The van der Waals surface area contributed by atoms with E-state index in [9.17, 15) is 8.78 Å². The maximum Gasteiger partial charge on any atom is 0.166 e. The van der Waals surface area contributed by atoms with Gasteiger partial charge < -0.3 is 4.98 Å². The maximum absolute atomic E-state index is 13.2. The highest BCUT2D eigenvalue weighted by molar-refractivity contribution is 7.99. The molecule has 0 amide bonds. The zero-order valence-corrected chi connectivity index (χ0v) is 13.7. The molecule has 1 fully saturated rings. The minimum atomic E-state index is -0.277. The van der Waals surface area contributed by atoms with Crippen LogP contribution in [0.1, 0.15) is 12.8 Å². The number of benzene rings is 2. The van der Waals surface area contributed by atoms with Crippen LogP contribution in [0.2, 0.25) is 0 Å². The van der Waals surface area contributed by atoms with Crippen LogP contribution < -0.4 is 0 Å². The summed E-state index contributed by atoms with van der Waals surface area (Å²) in [6.45, 7) is 0. The standard InChI is InChI=1S/C19H16F2N2S/c20-15-7-3-13(4-8-15)17-18(14-5-9-16(21)10-6-14)23-19(22-17)24-11-12-1-2-12/h3-10,12H,1-2,11H2,(H,22,23). The van der Waals surface area contributed by atoms with Crippen LogP contribution in [0.5, 0.6) is 0 Å². The van der Waals surface area contributed by atoms with E-state index in [4.69, 9.17) is 4.98 Å². The van der Waals surface area contributed by atoms with Gasteiger partial charge in [-0.15, -0.1) is 0 Å². The van der Waals surface area contributed by atoms with Crippen LogP contribution in [0.25, 0.3) is 22.5 Å². The van der Waals surface area contributed by atoms with E-state index in [1.165, 1.54) is 37.1 Å². The first-order valence-electron chi connectivity index (χ1n) is 7.94. The van der Waals surface area contributed by atoms with E-state index < -0.39 is 0 Å². The summed E-state index contributed by atoms with van der Waals surface area (Å²) < 4.78 is 26.4. The van der Waals surface area contributed by atoms with Crippen LogP contribution >= 0.6 is 11.8 Å². The molecule has 1 saturated carbocycles. The quantitative estimate of drug-likeness (QED) is 0.618. The van der Waals surface area contributed by atoms with Crippen LogP contribution in [0.3, 0.4) is 0 Å². The summed E-state index contributed by atoms with van der Waals surface area (Å²) in [5.74, 6) is 1.30. The molecule has 5 heteroatoms. The number of nitrogens with one attached hydrogen (secondary N) is 1. The van der Waals surface area contributed by atoms with Crippen molar-refractivity contribution in [2.45, 2.75) is 18.0 Å². The van der Waals surface area contributed by atoms with E-state index >= 15 is 0 Å². The fraction of sp³-hybridized carbons (Fsp3) is 0.211. The summed E-state index contributed by atoms with van der Waals surface area (Å²) >= 11 is 1.71. The van der Waals surface area contributed by atoms with Gasteiger partial charge in [-0.1, -0.05) is 11.8 Å². The minimum absolute atomic E-state index is 0.273. The second-order valence-electron chi connectivity index (χ2n) is 6.03. The Morgan fingerprint density at radius 3 is 2.08 bits per heavy atom. The summed E-state index contributed by atoms with van der Waals surface area (Å²) in [7, 11) is 0. The van der Waals surface area contributed by atoms with Gasteiger partial charge in [0.2, 0.25) is 0 Å². The molecule has 0 atom stereocenters. The SMILES string of the molecule is Fc1ccc(-c2nc(SCC3CC3)[nH]c2-c2ccc(F)cc2)cc1. The third kappa shape index (κ3) is 3.36. The largest absolute Gasteiger partial charge is 0.332 e. The molecule has 0 saturated heterocycles. The molecular weight excluding hydrogens is 326 g/mol. The minimum Gasteiger partial charge on any atom is -0.332 e. The highest BCUT2D eigenvalue weighted by Crippen LogP contribution is 2.37. The predicted molar refractivity (Wildman–Crippen MR) is 92.8 cm³/mol. The third-order valence-electron chi connectivity index (χ3n) is 4.09. The van der Waals surface area contributed by atoms with Crippen molar-refractivity contribution in [1.82, 2.24) is 9.97 Å². The summed E-state index contributed by atoms with van der Waals surface area (Å²) in [5.41, 5.74) is 3.30. The van der Waals surface area contributed by atoms with Crippen molar-refractivity contribution < 1.29 is 8.78 Å². The molecule has 2 nitrogen and oxygen atoms in total. The number of nitrogens with zero attached hydrogens (tertiary/aromatic N) is 1. The molecule has 1 heterocycles. The molecule has 0 bridgehead atoms. The second-order valence-corrected chi connectivity index (χ2v) is 7.04. The Morgan fingerprint density at radius 1 is 0.917 bits per heavy atom. The molecule has 24 heavy (non-hydrogen) atoms. The zero-order valence-electron chi connectivity index (χ0n) is 12.9. The zero-order chi connectivity index (χ0) is 16.5. The average molecular weight is 342 g/mol. The highest BCUT2D eigenvalue weighted by atomic mass is 32.2. The van der Waals surface area contributed by atoms with Gasteiger partial charge >= 0.3 is 0 Å². The molecule has 1 aromatic heterocycles. The Bertz CT molecular complexity index is 774. The van der Waals surface area contributed by atoms with Crippen LogP contribution in [0.4, 0.5) is 8.78 Å². The number of aromatic nitrogens is 2. The summed E-state index contributed by atoms with van der Waals surface area (Å²) in [6, 6.07) is 12.6. The fourth-order valence-electron chi connectivity index (χ4n) is 2.54. The van der Waals surface area contributed by atoms with Crippen molar-refractivity contribution in [3.05, 3.63) is 60.2 Å². The van der Waals surface area contributed by atoms with E-state index in [0.29, 0.717) is 0 Å². The van der Waals surface area contributed by atoms with Crippen LogP contribution in [-0.4, -0.2) is 15.7 Å².